The lowest BCUT2D eigenvalue weighted by atomic mass is 9.87. The molecular weight excluding hydrogens is 320 g/mol. The molecule has 2 rings (SSSR count). The summed E-state index contributed by atoms with van der Waals surface area (Å²) in [5, 5.41) is 13.6. The Hall–Kier alpha value is -2.89. The van der Waals surface area contributed by atoms with Crippen LogP contribution in [0.4, 0.5) is 11.4 Å². The summed E-state index contributed by atoms with van der Waals surface area (Å²) < 4.78 is 5.45. The van der Waals surface area contributed by atoms with E-state index < -0.39 is 10.8 Å². The minimum atomic E-state index is -0.519. The Morgan fingerprint density at radius 3 is 2.36 bits per heavy atom. The van der Waals surface area contributed by atoms with Crippen molar-refractivity contribution in [3.05, 3.63) is 63.7 Å². The fourth-order valence-corrected chi connectivity index (χ4v) is 2.28. The highest BCUT2D eigenvalue weighted by atomic mass is 16.6. The molecule has 0 aliphatic rings. The number of nitrogens with zero attached hydrogens (tertiary/aromatic N) is 1. The Kier molecular flexibility index (Phi) is 5.41. The Labute approximate surface area is 147 Å². The van der Waals surface area contributed by atoms with E-state index in [-0.39, 0.29) is 23.4 Å². The zero-order valence-corrected chi connectivity index (χ0v) is 14.8. The summed E-state index contributed by atoms with van der Waals surface area (Å²) in [6.07, 6.45) is 0. The van der Waals surface area contributed by atoms with Gasteiger partial charge in [-0.05, 0) is 41.7 Å². The Morgan fingerprint density at radius 2 is 1.80 bits per heavy atom. The van der Waals surface area contributed by atoms with Gasteiger partial charge >= 0.3 is 0 Å². The lowest BCUT2D eigenvalue weighted by Gasteiger charge is -2.19. The molecule has 0 fully saturated rings. The fourth-order valence-electron chi connectivity index (χ4n) is 2.28. The molecule has 0 radical (unpaired) electrons. The van der Waals surface area contributed by atoms with Crippen LogP contribution in [0, 0.1) is 17.0 Å². The quantitative estimate of drug-likeness (QED) is 0.651. The molecule has 1 amide bonds. The molecule has 6 heteroatoms. The molecule has 25 heavy (non-hydrogen) atoms. The second-order valence-electron chi connectivity index (χ2n) is 6.89. The van der Waals surface area contributed by atoms with Crippen molar-refractivity contribution in [2.75, 3.05) is 11.9 Å². The van der Waals surface area contributed by atoms with Gasteiger partial charge in [-0.3, -0.25) is 14.9 Å². The first-order valence-corrected chi connectivity index (χ1v) is 7.95. The van der Waals surface area contributed by atoms with E-state index in [1.165, 1.54) is 17.7 Å². The van der Waals surface area contributed by atoms with Crippen molar-refractivity contribution < 1.29 is 14.5 Å². The smallest absolute Gasteiger partial charge is 0.293 e. The lowest BCUT2D eigenvalue weighted by Crippen LogP contribution is -2.20. The summed E-state index contributed by atoms with van der Waals surface area (Å²) in [5.74, 6) is 0.119. The molecule has 6 nitrogen and oxygen atoms in total. The molecule has 0 aliphatic carbocycles. The number of hydrogen-bond donors (Lipinski definition) is 1. The Bertz CT molecular complexity index is 777. The van der Waals surface area contributed by atoms with Crippen LogP contribution in [-0.4, -0.2) is 17.4 Å². The maximum absolute atomic E-state index is 12.0. The lowest BCUT2D eigenvalue weighted by molar-refractivity contribution is -0.384. The number of nitro groups is 1. The molecule has 0 aromatic heterocycles. The number of nitro benzene ring substituents is 1. The van der Waals surface area contributed by atoms with Crippen molar-refractivity contribution >= 4 is 17.3 Å². The largest absolute Gasteiger partial charge is 0.484 e. The van der Waals surface area contributed by atoms with E-state index in [9.17, 15) is 14.9 Å². The number of nitrogens with one attached hydrogen (secondary N) is 1. The third kappa shape index (κ3) is 5.04. The van der Waals surface area contributed by atoms with E-state index in [1.807, 2.05) is 24.3 Å². The average molecular weight is 342 g/mol. The number of rotatable bonds is 5. The minimum absolute atomic E-state index is 0.0419. The van der Waals surface area contributed by atoms with Crippen LogP contribution in [0.3, 0.4) is 0 Å². The van der Waals surface area contributed by atoms with E-state index in [0.717, 1.165) is 5.56 Å². The van der Waals surface area contributed by atoms with Crippen molar-refractivity contribution in [2.45, 2.75) is 33.1 Å². The molecule has 0 spiro atoms. The first kappa shape index (κ1) is 18.4. The number of aryl methyl sites for hydroxylation is 1. The van der Waals surface area contributed by atoms with Crippen LogP contribution in [0.15, 0.2) is 42.5 Å². The van der Waals surface area contributed by atoms with Gasteiger partial charge < -0.3 is 10.1 Å². The summed E-state index contributed by atoms with van der Waals surface area (Å²) in [4.78, 5) is 22.6. The second kappa shape index (κ2) is 7.34. The van der Waals surface area contributed by atoms with Gasteiger partial charge in [0.15, 0.2) is 6.61 Å². The molecule has 1 N–H and O–H groups in total. The second-order valence-corrected chi connectivity index (χ2v) is 6.89. The highest BCUT2D eigenvalue weighted by Gasteiger charge is 2.16. The van der Waals surface area contributed by atoms with Gasteiger partial charge in [-0.15, -0.1) is 0 Å². The predicted molar refractivity (Wildman–Crippen MR) is 97.1 cm³/mol. The monoisotopic (exact) mass is 342 g/mol. The van der Waals surface area contributed by atoms with Crippen molar-refractivity contribution in [3.8, 4) is 5.75 Å². The first-order valence-electron chi connectivity index (χ1n) is 7.95. The number of anilines is 1. The average Bonchev–Trinajstić information content (AvgIpc) is 2.54. The van der Waals surface area contributed by atoms with Gasteiger partial charge in [0.25, 0.3) is 11.6 Å². The highest BCUT2D eigenvalue weighted by Crippen LogP contribution is 2.26. The van der Waals surface area contributed by atoms with Gasteiger partial charge in [-0.1, -0.05) is 39.0 Å². The number of benzene rings is 2. The number of amides is 1. The van der Waals surface area contributed by atoms with Crippen molar-refractivity contribution in [3.63, 3.8) is 0 Å². The molecule has 0 saturated heterocycles. The van der Waals surface area contributed by atoms with Crippen LogP contribution in [0.25, 0.3) is 0 Å². The van der Waals surface area contributed by atoms with Crippen LogP contribution in [-0.2, 0) is 10.2 Å². The van der Waals surface area contributed by atoms with Crippen molar-refractivity contribution in [1.29, 1.82) is 0 Å². The highest BCUT2D eigenvalue weighted by molar-refractivity contribution is 5.94. The van der Waals surface area contributed by atoms with Crippen molar-refractivity contribution in [2.24, 2.45) is 0 Å². The van der Waals surface area contributed by atoms with Crippen LogP contribution >= 0.6 is 0 Å². The molecular formula is C19H22N2O4. The summed E-state index contributed by atoms with van der Waals surface area (Å²) in [7, 11) is 0. The van der Waals surface area contributed by atoms with E-state index in [2.05, 4.69) is 26.1 Å². The normalized spacial score (nSPS) is 11.0. The summed E-state index contributed by atoms with van der Waals surface area (Å²) in [6.45, 7) is 7.88. The van der Waals surface area contributed by atoms with Gasteiger partial charge in [-0.2, -0.15) is 0 Å². The fraction of sp³-hybridized carbons (Fsp3) is 0.316. The molecule has 0 aliphatic heterocycles. The molecule has 132 valence electrons. The summed E-state index contributed by atoms with van der Waals surface area (Å²) >= 11 is 0. The SMILES string of the molecule is Cc1ccc(NC(=O)COc2ccc(C(C)(C)C)cc2)c([N+](=O)[O-])c1. The third-order valence-corrected chi connectivity index (χ3v) is 3.71. The predicted octanol–water partition coefficient (Wildman–Crippen LogP) is 4.22. The van der Waals surface area contributed by atoms with Gasteiger partial charge in [0.05, 0.1) is 4.92 Å². The van der Waals surface area contributed by atoms with Crippen LogP contribution in [0.2, 0.25) is 0 Å². The number of hydrogen-bond acceptors (Lipinski definition) is 4. The van der Waals surface area contributed by atoms with E-state index >= 15 is 0 Å². The number of ether oxygens (including phenoxy) is 1. The molecule has 2 aromatic rings. The summed E-state index contributed by atoms with van der Waals surface area (Å²) in [5.41, 5.74) is 1.98. The van der Waals surface area contributed by atoms with Gasteiger partial charge in [-0.25, -0.2) is 0 Å². The van der Waals surface area contributed by atoms with E-state index in [1.54, 1.807) is 13.0 Å². The third-order valence-electron chi connectivity index (χ3n) is 3.71. The molecule has 0 unspecified atom stereocenters. The topological polar surface area (TPSA) is 81.5 Å². The zero-order chi connectivity index (χ0) is 18.6. The molecule has 2 aromatic carbocycles. The molecule has 0 saturated carbocycles. The Balaban J connectivity index is 1.99. The number of carbonyl (C=O) groups is 1. The van der Waals surface area contributed by atoms with Gasteiger partial charge in [0.1, 0.15) is 11.4 Å². The standard InChI is InChI=1S/C19H22N2O4/c1-13-5-10-16(17(11-13)21(23)24)20-18(22)12-25-15-8-6-14(7-9-15)19(2,3)4/h5-11H,12H2,1-4H3,(H,20,22). The van der Waals surface area contributed by atoms with Crippen LogP contribution < -0.4 is 10.1 Å². The molecule has 0 bridgehead atoms. The van der Waals surface area contributed by atoms with Crippen LogP contribution in [0.1, 0.15) is 31.9 Å². The van der Waals surface area contributed by atoms with Crippen LogP contribution in [0.5, 0.6) is 5.75 Å². The molecule has 0 heterocycles. The zero-order valence-electron chi connectivity index (χ0n) is 14.8. The van der Waals surface area contributed by atoms with Gasteiger partial charge in [0, 0.05) is 6.07 Å². The Morgan fingerprint density at radius 1 is 1.16 bits per heavy atom. The number of carbonyl (C=O) groups excluding carboxylic acids is 1. The van der Waals surface area contributed by atoms with E-state index in [0.29, 0.717) is 5.75 Å². The van der Waals surface area contributed by atoms with Crippen molar-refractivity contribution in [1.82, 2.24) is 0 Å². The van der Waals surface area contributed by atoms with E-state index in [4.69, 9.17) is 4.74 Å². The first-order chi connectivity index (χ1) is 11.7. The minimum Gasteiger partial charge on any atom is -0.484 e. The summed E-state index contributed by atoms with van der Waals surface area (Å²) in [6, 6.07) is 12.2. The maximum atomic E-state index is 12.0. The maximum Gasteiger partial charge on any atom is 0.293 e. The van der Waals surface area contributed by atoms with Gasteiger partial charge in [0.2, 0.25) is 0 Å². The molecule has 0 atom stereocenters.